The first-order chi connectivity index (χ1) is 39.4. The van der Waals surface area contributed by atoms with Gasteiger partial charge in [0.1, 0.15) is 19.3 Å². The highest BCUT2D eigenvalue weighted by molar-refractivity contribution is 7.45. The lowest BCUT2D eigenvalue weighted by molar-refractivity contribution is -0.870. The van der Waals surface area contributed by atoms with E-state index in [1.54, 1.807) is 0 Å². The molecule has 0 aromatic rings. The van der Waals surface area contributed by atoms with E-state index < -0.39 is 26.6 Å². The highest BCUT2D eigenvalue weighted by Gasteiger charge is 2.27. The summed E-state index contributed by atoms with van der Waals surface area (Å²) in [5.41, 5.74) is 0. The fourth-order valence-corrected chi connectivity index (χ4v) is 10.1. The van der Waals surface area contributed by atoms with Gasteiger partial charge in [0.2, 0.25) is 5.91 Å². The van der Waals surface area contributed by atoms with Crippen molar-refractivity contribution >= 4 is 19.7 Å². The van der Waals surface area contributed by atoms with Gasteiger partial charge in [0.25, 0.3) is 7.82 Å². The second-order valence-electron chi connectivity index (χ2n) is 23.6. The van der Waals surface area contributed by atoms with E-state index in [9.17, 15) is 19.0 Å². The van der Waals surface area contributed by atoms with E-state index in [1.807, 2.05) is 33.3 Å². The lowest BCUT2D eigenvalue weighted by Gasteiger charge is -2.30. The highest BCUT2D eigenvalue weighted by atomic mass is 31.2. The molecule has 0 saturated carbocycles. The number of nitrogens with zero attached hydrogens (tertiary/aromatic N) is 1. The normalized spacial score (nSPS) is 14.2. The Kier molecular flexibility index (Phi) is 57.8. The van der Waals surface area contributed by atoms with Crippen molar-refractivity contribution in [3.63, 3.8) is 0 Å². The van der Waals surface area contributed by atoms with Crippen molar-refractivity contribution in [1.29, 1.82) is 0 Å². The van der Waals surface area contributed by atoms with E-state index in [0.717, 1.165) is 109 Å². The molecular formula is C71H127N2O7P. The monoisotopic (exact) mass is 1150 g/mol. The van der Waals surface area contributed by atoms with Gasteiger partial charge in [0, 0.05) is 12.8 Å². The van der Waals surface area contributed by atoms with Crippen LogP contribution in [-0.2, 0) is 27.9 Å². The third-order valence-corrected chi connectivity index (χ3v) is 15.5. The Labute approximate surface area is 500 Å². The third-order valence-electron chi connectivity index (χ3n) is 14.5. The molecule has 0 saturated heterocycles. The summed E-state index contributed by atoms with van der Waals surface area (Å²) in [5.74, 6) is -0.571. The number of carbonyl (C=O) groups is 2. The Morgan fingerprint density at radius 2 is 0.790 bits per heavy atom. The van der Waals surface area contributed by atoms with Crippen molar-refractivity contribution in [2.75, 3.05) is 40.9 Å². The zero-order chi connectivity index (χ0) is 59.3. The van der Waals surface area contributed by atoms with Crippen LogP contribution in [0.25, 0.3) is 0 Å². The number of hydrogen-bond donors (Lipinski definition) is 1. The van der Waals surface area contributed by atoms with E-state index in [1.165, 1.54) is 141 Å². The molecular weight excluding hydrogens is 1020 g/mol. The summed E-state index contributed by atoms with van der Waals surface area (Å²) >= 11 is 0. The molecule has 9 nitrogen and oxygen atoms in total. The Morgan fingerprint density at radius 1 is 0.444 bits per heavy atom. The minimum Gasteiger partial charge on any atom is -0.756 e. The molecule has 0 aliphatic heterocycles. The number of ether oxygens (including phenoxy) is 1. The standard InChI is InChI=1S/C71H127N2O7P/c1-7-10-13-16-19-22-25-28-30-32-34-35-36-37-39-41-43-46-49-52-55-58-61-64-71(75)80-69(62-59-56-53-50-47-44-27-24-21-18-15-12-9-3)68(67-79-81(76,77)78-66-65-73(4,5)6)72-70(74)63-60-57-54-51-48-45-42-40-38-33-31-29-26-23-20-17-14-11-8-2/h10,13,19,22,28-31,34-35,37,39,43,46,59,62,68-69H,7-9,11-12,14-18,20-21,23-27,32-33,36,38,40-42,44-45,47-58,60-61,63-67H2,1-6H3,(H-,72,74,76,77)/b13-10-,22-19-,30-28-,31-29+,35-34-,39-37-,46-43-,62-59+. The van der Waals surface area contributed by atoms with Crippen molar-refractivity contribution in [3.05, 3.63) is 97.2 Å². The Morgan fingerprint density at radius 3 is 1.20 bits per heavy atom. The zero-order valence-electron chi connectivity index (χ0n) is 53.5. The van der Waals surface area contributed by atoms with Gasteiger partial charge in [-0.25, -0.2) is 0 Å². The van der Waals surface area contributed by atoms with Crippen LogP contribution in [0.2, 0.25) is 0 Å². The first kappa shape index (κ1) is 77.9. The van der Waals surface area contributed by atoms with Gasteiger partial charge >= 0.3 is 5.97 Å². The van der Waals surface area contributed by atoms with Crippen LogP contribution in [0.4, 0.5) is 0 Å². The number of esters is 1. The van der Waals surface area contributed by atoms with Crippen LogP contribution in [0.1, 0.15) is 290 Å². The minimum atomic E-state index is -4.71. The summed E-state index contributed by atoms with van der Waals surface area (Å²) < 4.78 is 30.4. The summed E-state index contributed by atoms with van der Waals surface area (Å²) in [4.78, 5) is 40.1. The maximum atomic E-state index is 13.6. The lowest BCUT2D eigenvalue weighted by Crippen LogP contribution is -2.47. The van der Waals surface area contributed by atoms with E-state index >= 15 is 0 Å². The summed E-state index contributed by atoms with van der Waals surface area (Å²) in [6.45, 7) is 6.72. The molecule has 3 atom stereocenters. The second-order valence-corrected chi connectivity index (χ2v) is 25.0. The molecule has 0 aliphatic carbocycles. The quantitative estimate of drug-likeness (QED) is 0.0212. The van der Waals surface area contributed by atoms with E-state index in [4.69, 9.17) is 13.8 Å². The predicted octanol–water partition coefficient (Wildman–Crippen LogP) is 20.5. The van der Waals surface area contributed by atoms with Crippen LogP contribution >= 0.6 is 7.82 Å². The van der Waals surface area contributed by atoms with Gasteiger partial charge in [-0.3, -0.25) is 14.2 Å². The largest absolute Gasteiger partial charge is 0.756 e. The Balaban J connectivity index is 5.26. The van der Waals surface area contributed by atoms with Crippen molar-refractivity contribution in [3.8, 4) is 0 Å². The number of unbranched alkanes of at least 4 members (excludes halogenated alkanes) is 30. The molecule has 1 amide bonds. The molecule has 0 aliphatic rings. The van der Waals surface area contributed by atoms with Crippen molar-refractivity contribution in [1.82, 2.24) is 5.32 Å². The minimum absolute atomic E-state index is 0.0308. The van der Waals surface area contributed by atoms with Gasteiger partial charge in [-0.05, 0) is 109 Å². The molecule has 468 valence electrons. The molecule has 0 aromatic heterocycles. The fourth-order valence-electron chi connectivity index (χ4n) is 9.34. The van der Waals surface area contributed by atoms with Gasteiger partial charge in [-0.2, -0.15) is 0 Å². The first-order valence-corrected chi connectivity index (χ1v) is 35.0. The molecule has 81 heavy (non-hydrogen) atoms. The average Bonchev–Trinajstić information content (AvgIpc) is 3.44. The molecule has 0 rings (SSSR count). The molecule has 10 heteroatoms. The number of phosphoric ester groups is 1. The molecule has 0 fully saturated rings. The van der Waals surface area contributed by atoms with Gasteiger partial charge in [-0.15, -0.1) is 0 Å². The molecule has 3 unspecified atom stereocenters. The number of carbonyl (C=O) groups excluding carboxylic acids is 2. The summed E-state index contributed by atoms with van der Waals surface area (Å²) in [5, 5.41) is 3.03. The summed E-state index contributed by atoms with van der Waals surface area (Å²) in [7, 11) is 1.16. The molecule has 0 aromatic carbocycles. The summed E-state index contributed by atoms with van der Waals surface area (Å²) in [6, 6.07) is -0.906. The van der Waals surface area contributed by atoms with Gasteiger partial charge in [0.05, 0.1) is 33.8 Å². The van der Waals surface area contributed by atoms with Crippen molar-refractivity contribution in [2.45, 2.75) is 303 Å². The first-order valence-electron chi connectivity index (χ1n) is 33.5. The molecule has 0 heterocycles. The number of allylic oxidation sites excluding steroid dienone is 15. The molecule has 0 radical (unpaired) electrons. The van der Waals surface area contributed by atoms with Crippen LogP contribution in [0.5, 0.6) is 0 Å². The number of phosphoric acid groups is 1. The van der Waals surface area contributed by atoms with Crippen LogP contribution in [0.15, 0.2) is 97.2 Å². The highest BCUT2D eigenvalue weighted by Crippen LogP contribution is 2.38. The number of amides is 1. The molecule has 1 N–H and O–H groups in total. The zero-order valence-corrected chi connectivity index (χ0v) is 54.4. The maximum Gasteiger partial charge on any atom is 0.306 e. The third kappa shape index (κ3) is 61.3. The van der Waals surface area contributed by atoms with Crippen LogP contribution < -0.4 is 10.2 Å². The van der Waals surface area contributed by atoms with Crippen molar-refractivity contribution < 1.29 is 37.3 Å². The molecule has 0 spiro atoms. The number of hydrogen-bond acceptors (Lipinski definition) is 7. The van der Waals surface area contributed by atoms with Crippen LogP contribution in [0.3, 0.4) is 0 Å². The average molecular weight is 1150 g/mol. The Hall–Kier alpha value is -3.07. The smallest absolute Gasteiger partial charge is 0.306 e. The predicted molar refractivity (Wildman–Crippen MR) is 348 cm³/mol. The number of rotatable bonds is 60. The van der Waals surface area contributed by atoms with Gasteiger partial charge in [0.15, 0.2) is 0 Å². The van der Waals surface area contributed by atoms with Crippen LogP contribution in [-0.4, -0.2) is 69.4 Å². The fraction of sp³-hybridized carbons (Fsp3) is 0.746. The van der Waals surface area contributed by atoms with Gasteiger partial charge in [-0.1, -0.05) is 266 Å². The van der Waals surface area contributed by atoms with E-state index in [2.05, 4.69) is 111 Å². The number of likely N-dealkylation sites (N-methyl/N-ethyl adjacent to an activating group) is 1. The van der Waals surface area contributed by atoms with Crippen molar-refractivity contribution in [2.24, 2.45) is 0 Å². The lowest BCUT2D eigenvalue weighted by atomic mass is 10.0. The van der Waals surface area contributed by atoms with Crippen LogP contribution in [0, 0.1) is 0 Å². The summed E-state index contributed by atoms with van der Waals surface area (Å²) in [6.07, 6.45) is 80.9. The second kappa shape index (κ2) is 60.1. The topological polar surface area (TPSA) is 114 Å². The molecule has 0 bridgehead atoms. The SMILES string of the molecule is CC/C=C\C/C=C\C/C=C\C/C=C\C/C=C\C/C=C\CCCCCCC(=O)OC(/C=C/CCCCCCCCCCCCC)C(COP(=O)([O-])OCC[N+](C)(C)C)NC(=O)CCCCCCCCCCC/C=C/CCCCCCCC. The Bertz CT molecular complexity index is 1710. The van der Waals surface area contributed by atoms with E-state index in [0.29, 0.717) is 23.9 Å². The van der Waals surface area contributed by atoms with Gasteiger partial charge < -0.3 is 28.5 Å². The number of nitrogens with one attached hydrogen (secondary N) is 1. The number of quaternary nitrogens is 1. The van der Waals surface area contributed by atoms with E-state index in [-0.39, 0.29) is 24.9 Å². The maximum absolute atomic E-state index is 13.6.